The number of hydrogen-bond acceptors (Lipinski definition) is 27. The molecule has 8 aliphatic rings. The first kappa shape index (κ1) is 72.5. The smallest absolute Gasteiger partial charge is 0.338 e. The summed E-state index contributed by atoms with van der Waals surface area (Å²) in [4.78, 5) is 143. The molecule has 0 aromatic carbocycles. The fourth-order valence-corrected chi connectivity index (χ4v) is 17.5. The molecule has 0 spiro atoms. The molecule has 8 rings (SSSR count). The van der Waals surface area contributed by atoms with Crippen LogP contribution in [0.25, 0.3) is 0 Å². The van der Waals surface area contributed by atoms with Gasteiger partial charge in [-0.3, -0.25) is 47.9 Å². The minimum absolute atomic E-state index is 0.00313. The third-order valence-electron chi connectivity index (χ3n) is 21.6. The monoisotopic (exact) mass is 1320 g/mol. The van der Waals surface area contributed by atoms with Crippen molar-refractivity contribution in [2.45, 2.75) is 267 Å². The molecule has 0 aromatic rings. The molecule has 0 aromatic heterocycles. The molecule has 7 fully saturated rings. The Kier molecular flexibility index (Phi) is 21.7. The summed E-state index contributed by atoms with van der Waals surface area (Å²) in [7, 11) is 1.09. The Hall–Kier alpha value is -6.29. The van der Waals surface area contributed by atoms with Crippen LogP contribution in [0, 0.1) is 50.2 Å². The summed E-state index contributed by atoms with van der Waals surface area (Å²) in [5, 5.41) is 0. The molecule has 0 amide bonds. The minimum atomic E-state index is -1.80. The molecule has 27 nitrogen and oxygen atoms in total. The van der Waals surface area contributed by atoms with Gasteiger partial charge in [0.25, 0.3) is 0 Å². The van der Waals surface area contributed by atoms with Crippen molar-refractivity contribution >= 4 is 65.7 Å². The lowest BCUT2D eigenvalue weighted by Crippen LogP contribution is -2.68. The van der Waals surface area contributed by atoms with Crippen LogP contribution in [0.5, 0.6) is 0 Å². The summed E-state index contributed by atoms with van der Waals surface area (Å²) in [5.74, 6) is -9.18. The topological polar surface area (TPSA) is 335 Å². The highest BCUT2D eigenvalue weighted by Gasteiger charge is 2.71. The Morgan fingerprint density at radius 1 is 0.495 bits per heavy atom. The molecule has 0 radical (unpaired) electrons. The molecular formula is C66H94O27. The lowest BCUT2D eigenvalue weighted by atomic mass is 9.33. The molecule has 3 heterocycles. The number of fused-ring (bicyclic) bond motifs is 7. The van der Waals surface area contributed by atoms with Crippen molar-refractivity contribution in [3.8, 4) is 0 Å². The molecule has 4 saturated carbocycles. The summed E-state index contributed by atoms with van der Waals surface area (Å²) in [5.41, 5.74) is -1.81. The Balaban J connectivity index is 1.08. The first-order valence-electron chi connectivity index (χ1n) is 32.1. The highest BCUT2D eigenvalue weighted by molar-refractivity contribution is 5.79. The predicted octanol–water partition coefficient (Wildman–Crippen LogP) is 6.10. The van der Waals surface area contributed by atoms with Crippen molar-refractivity contribution in [1.29, 1.82) is 0 Å². The summed E-state index contributed by atoms with van der Waals surface area (Å²) in [6.45, 7) is 24.8. The number of methoxy groups -OCH3 is 1. The van der Waals surface area contributed by atoms with Gasteiger partial charge in [-0.25, -0.2) is 4.79 Å². The van der Waals surface area contributed by atoms with Crippen LogP contribution in [0.15, 0.2) is 11.6 Å². The number of carbonyl (C=O) groups excluding carboxylic acids is 11. The average molecular weight is 1320 g/mol. The molecule has 3 saturated heterocycles. The third-order valence-corrected chi connectivity index (χ3v) is 21.6. The van der Waals surface area contributed by atoms with Gasteiger partial charge < -0.3 is 75.8 Å². The maximum atomic E-state index is 15.6. The Morgan fingerprint density at radius 3 is 1.57 bits per heavy atom. The first-order chi connectivity index (χ1) is 43.3. The van der Waals surface area contributed by atoms with Gasteiger partial charge in [-0.2, -0.15) is 0 Å². The molecule has 0 bridgehead atoms. The Morgan fingerprint density at radius 2 is 1.01 bits per heavy atom. The normalized spacial score (nSPS) is 39.6. The molecule has 520 valence electrons. The van der Waals surface area contributed by atoms with Crippen LogP contribution < -0.4 is 0 Å². The van der Waals surface area contributed by atoms with Crippen molar-refractivity contribution in [2.75, 3.05) is 20.3 Å². The largest absolute Gasteiger partial charge is 0.467 e. The van der Waals surface area contributed by atoms with E-state index in [0.717, 1.165) is 75.3 Å². The zero-order chi connectivity index (χ0) is 68.8. The zero-order valence-corrected chi connectivity index (χ0v) is 56.5. The molecule has 93 heavy (non-hydrogen) atoms. The molecule has 22 atom stereocenters. The van der Waals surface area contributed by atoms with Crippen LogP contribution in [0.1, 0.15) is 175 Å². The van der Waals surface area contributed by atoms with E-state index in [-0.39, 0.29) is 34.0 Å². The summed E-state index contributed by atoms with van der Waals surface area (Å²) in [6.07, 6.45) is -14.3. The van der Waals surface area contributed by atoms with E-state index < -0.39 is 187 Å². The minimum Gasteiger partial charge on any atom is -0.467 e. The predicted molar refractivity (Wildman–Crippen MR) is 315 cm³/mol. The van der Waals surface area contributed by atoms with Gasteiger partial charge in [-0.05, 0) is 109 Å². The summed E-state index contributed by atoms with van der Waals surface area (Å²) < 4.78 is 94.5. The maximum absolute atomic E-state index is 15.6. The van der Waals surface area contributed by atoms with Crippen molar-refractivity contribution in [1.82, 2.24) is 0 Å². The average Bonchev–Trinajstić information content (AvgIpc) is 0.677. The van der Waals surface area contributed by atoms with Gasteiger partial charge >= 0.3 is 65.7 Å². The molecule has 3 aliphatic heterocycles. The van der Waals surface area contributed by atoms with Gasteiger partial charge in [-0.1, -0.05) is 60.1 Å². The highest BCUT2D eigenvalue weighted by atomic mass is 16.8. The van der Waals surface area contributed by atoms with Gasteiger partial charge in [0.05, 0.1) is 25.2 Å². The van der Waals surface area contributed by atoms with Crippen LogP contribution in [0.2, 0.25) is 0 Å². The molecule has 0 unspecified atom stereocenters. The van der Waals surface area contributed by atoms with Gasteiger partial charge in [-0.15, -0.1) is 0 Å². The van der Waals surface area contributed by atoms with Crippen LogP contribution in [0.4, 0.5) is 0 Å². The second kappa shape index (κ2) is 27.8. The van der Waals surface area contributed by atoms with Crippen molar-refractivity contribution in [3.05, 3.63) is 11.6 Å². The summed E-state index contributed by atoms with van der Waals surface area (Å²) in [6, 6.07) is 0. The Labute approximate surface area is 541 Å². The van der Waals surface area contributed by atoms with E-state index in [1.807, 2.05) is 0 Å². The molecular weight excluding hydrogens is 1220 g/mol. The molecule has 0 N–H and O–H groups in total. The second-order valence-corrected chi connectivity index (χ2v) is 28.5. The lowest BCUT2D eigenvalue weighted by Gasteiger charge is -2.71. The fourth-order valence-electron chi connectivity index (χ4n) is 17.5. The van der Waals surface area contributed by atoms with E-state index in [0.29, 0.717) is 51.4 Å². The number of carbonyl (C=O) groups is 11. The fraction of sp³-hybridized carbons (Fsp3) is 0.803. The number of hydrogen-bond donors (Lipinski definition) is 0. The van der Waals surface area contributed by atoms with E-state index in [9.17, 15) is 47.9 Å². The maximum Gasteiger partial charge on any atom is 0.338 e. The van der Waals surface area contributed by atoms with Crippen LogP contribution in [0.3, 0.4) is 0 Å². The number of rotatable bonds is 17. The quantitative estimate of drug-likeness (QED) is 0.0687. The van der Waals surface area contributed by atoms with Gasteiger partial charge in [0, 0.05) is 62.3 Å². The van der Waals surface area contributed by atoms with E-state index in [1.165, 1.54) is 12.5 Å². The van der Waals surface area contributed by atoms with Gasteiger partial charge in [0.1, 0.15) is 18.8 Å². The zero-order valence-electron chi connectivity index (χ0n) is 56.5. The second-order valence-electron chi connectivity index (χ2n) is 28.5. The molecule has 27 heteroatoms. The van der Waals surface area contributed by atoms with E-state index >= 15 is 4.79 Å². The number of allylic oxidation sites excluding steroid dienone is 2. The Bertz CT molecular complexity index is 2940. The SMILES string of the molecule is COC(=O)[C@H]1O[C@@H](O[C@H]2CC[C@@]3(C)[C@H](CC[C@]4(C)[C@@H]3CC=C3[C@@H]5CC(C)(C)CC[C@]5(C(=O)O[C@@H]5O[C@H](COC(C)=O)[C@@H](OC(C)=O)[C@H](OC(C)=O)[C@H]5OC(C)=O)CC[C@]34C)C2(C)C)[C@H](OC(C)=O)[C@@H](OC(C)=O)[C@@H]1O[C@@H]1OC[C@@H](OC(C)=O)[C@H](OC(C)=O)[C@H]1OC(C)=O. The standard InChI is InChI=1S/C66H94O27/c1-31(67)79-29-43-47(82-33(3)69)49(84-35(5)71)54(87-38(8)74)58(89-43)93-60(77)66-26-24-61(10,11)28-41(66)40-18-19-45-63(14)22-21-46(62(12,13)44(63)20-23-65(45,16)64(40,15)25-27-66)90-59-55(88-39(9)75)51(85-36(6)72)50(52(92-59)56(76)78-17)91-57-53(86-37(7)73)48(83-34(4)70)42(30-80-57)81-32(2)68/h18,41-55,57-59H,19-30H2,1-17H3/t41-,42+,43+,44+,45+,46-,47+,48-,49-,50-,51-,52-,53+,54+,55+,57-,58-,59+,63-,64+,65+,66-/m0/s1. The lowest BCUT2D eigenvalue weighted by molar-refractivity contribution is -0.356. The summed E-state index contributed by atoms with van der Waals surface area (Å²) >= 11 is 0. The molecule has 5 aliphatic carbocycles. The van der Waals surface area contributed by atoms with Crippen LogP contribution in [-0.4, -0.2) is 178 Å². The first-order valence-corrected chi connectivity index (χ1v) is 32.1. The third kappa shape index (κ3) is 14.6. The van der Waals surface area contributed by atoms with Crippen molar-refractivity contribution in [3.63, 3.8) is 0 Å². The van der Waals surface area contributed by atoms with Crippen molar-refractivity contribution in [2.24, 2.45) is 50.2 Å². The highest BCUT2D eigenvalue weighted by Crippen LogP contribution is 2.76. The van der Waals surface area contributed by atoms with E-state index in [2.05, 4.69) is 54.5 Å². The van der Waals surface area contributed by atoms with E-state index in [4.69, 9.17) is 75.8 Å². The van der Waals surface area contributed by atoms with Crippen LogP contribution >= 0.6 is 0 Å². The van der Waals surface area contributed by atoms with Gasteiger partial charge in [0.15, 0.2) is 61.4 Å². The number of esters is 11. The van der Waals surface area contributed by atoms with Crippen molar-refractivity contribution < 1.29 is 129 Å². The van der Waals surface area contributed by atoms with Crippen LogP contribution in [-0.2, 0) is 129 Å². The van der Waals surface area contributed by atoms with E-state index in [1.54, 1.807) is 0 Å². The number of ether oxygens (including phenoxy) is 16. The van der Waals surface area contributed by atoms with Gasteiger partial charge in [0.2, 0.25) is 12.4 Å².